The molecule has 1 aliphatic rings. The van der Waals surface area contributed by atoms with Crippen molar-refractivity contribution in [1.82, 2.24) is 9.88 Å². The molecule has 1 aromatic rings. The number of likely N-dealkylation sites (tertiary alicyclic amines) is 1. The van der Waals surface area contributed by atoms with Gasteiger partial charge in [-0.15, -0.1) is 0 Å². The monoisotopic (exact) mass is 410 g/mol. The molecule has 2 rings (SSSR count). The molecular weight excluding hydrogens is 380 g/mol. The third kappa shape index (κ3) is 6.58. The van der Waals surface area contributed by atoms with Crippen molar-refractivity contribution >= 4 is 21.0 Å². The van der Waals surface area contributed by atoms with Crippen molar-refractivity contribution in [2.24, 2.45) is 5.92 Å². The van der Waals surface area contributed by atoms with Crippen molar-refractivity contribution in [1.29, 1.82) is 0 Å². The molecule has 0 radical (unpaired) electrons. The van der Waals surface area contributed by atoms with E-state index in [1.807, 2.05) is 20.8 Å². The predicted molar refractivity (Wildman–Crippen MR) is 105 cm³/mol. The van der Waals surface area contributed by atoms with E-state index >= 15 is 0 Å². The normalized spacial score (nSPS) is 16.0. The van der Waals surface area contributed by atoms with Gasteiger partial charge in [-0.05, 0) is 58.1 Å². The molecule has 0 saturated carbocycles. The molecule has 0 N–H and O–H groups in total. The van der Waals surface area contributed by atoms with Crippen LogP contribution in [0.1, 0.15) is 59.3 Å². The van der Waals surface area contributed by atoms with Crippen LogP contribution in [-0.4, -0.2) is 48.2 Å². The Hall–Kier alpha value is -1.96. The zero-order chi connectivity index (χ0) is 20.8. The Balaban J connectivity index is 1.68. The highest BCUT2D eigenvalue weighted by molar-refractivity contribution is 8.06. The van der Waals surface area contributed by atoms with Crippen LogP contribution in [-0.2, 0) is 19.4 Å². The molecular formula is C20H30N2O5S. The first kappa shape index (κ1) is 22.3. The highest BCUT2D eigenvalue weighted by Crippen LogP contribution is 2.24. The van der Waals surface area contributed by atoms with Crippen molar-refractivity contribution in [2.75, 3.05) is 13.1 Å². The van der Waals surface area contributed by atoms with E-state index in [0.717, 1.165) is 25.7 Å². The van der Waals surface area contributed by atoms with Crippen LogP contribution in [0, 0.1) is 5.92 Å². The molecule has 0 bridgehead atoms. The van der Waals surface area contributed by atoms with Gasteiger partial charge in [-0.2, -0.15) is 0 Å². The molecule has 1 saturated heterocycles. The van der Waals surface area contributed by atoms with Crippen LogP contribution in [0.2, 0.25) is 0 Å². The first-order valence-corrected chi connectivity index (χ1v) is 11.2. The van der Waals surface area contributed by atoms with Crippen molar-refractivity contribution < 1.29 is 22.7 Å². The molecule has 7 nitrogen and oxygen atoms in total. The van der Waals surface area contributed by atoms with Gasteiger partial charge in [0.1, 0.15) is 5.60 Å². The number of sulfone groups is 1. The first-order valence-electron chi connectivity index (χ1n) is 9.76. The summed E-state index contributed by atoms with van der Waals surface area (Å²) in [5.74, 6) is 0.487. The number of unbranched alkanes of at least 4 members (excludes halogenated alkanes) is 1. The summed E-state index contributed by atoms with van der Waals surface area (Å²) >= 11 is 0. The van der Waals surface area contributed by atoms with Crippen LogP contribution in [0.25, 0.3) is 0 Å². The lowest BCUT2D eigenvalue weighted by molar-refractivity contribution is -0.111. The average molecular weight is 411 g/mol. The number of ether oxygens (including phenoxy) is 1. The van der Waals surface area contributed by atoms with Gasteiger partial charge < -0.3 is 9.64 Å². The fourth-order valence-corrected chi connectivity index (χ4v) is 4.29. The minimum absolute atomic E-state index is 0.00958. The summed E-state index contributed by atoms with van der Waals surface area (Å²) in [7, 11) is -3.98. The summed E-state index contributed by atoms with van der Waals surface area (Å²) in [6.07, 6.45) is 5.17. The number of aromatic nitrogens is 1. The SMILES string of the molecule is CC(C)(C)OC(=O)N1CCC(CCCCC(=O)S(=O)(=O)c2ccccn2)CC1. The topological polar surface area (TPSA) is 93.6 Å². The predicted octanol–water partition coefficient (Wildman–Crippen LogP) is 3.59. The first-order chi connectivity index (χ1) is 13.1. The number of amides is 1. The number of nitrogens with zero attached hydrogens (tertiary/aromatic N) is 2. The van der Waals surface area contributed by atoms with Gasteiger partial charge >= 0.3 is 6.09 Å². The van der Waals surface area contributed by atoms with E-state index in [1.165, 1.54) is 12.3 Å². The molecule has 1 amide bonds. The Morgan fingerprint density at radius 2 is 1.86 bits per heavy atom. The van der Waals surface area contributed by atoms with Crippen LogP contribution in [0.15, 0.2) is 29.4 Å². The van der Waals surface area contributed by atoms with E-state index in [4.69, 9.17) is 4.74 Å². The summed E-state index contributed by atoms with van der Waals surface area (Å²) in [4.78, 5) is 29.6. The van der Waals surface area contributed by atoms with Crippen LogP contribution < -0.4 is 0 Å². The van der Waals surface area contributed by atoms with Crippen LogP contribution in [0.3, 0.4) is 0 Å². The molecule has 0 atom stereocenters. The standard InChI is InChI=1S/C20H30N2O5S/c1-20(2,3)27-19(24)22-14-11-16(12-15-22)8-4-5-10-18(23)28(25,26)17-9-6-7-13-21-17/h6-7,9,13,16H,4-5,8,10-12,14-15H2,1-3H3. The van der Waals surface area contributed by atoms with Gasteiger partial charge in [0, 0.05) is 25.7 Å². The molecule has 0 unspecified atom stereocenters. The highest BCUT2D eigenvalue weighted by atomic mass is 32.2. The smallest absolute Gasteiger partial charge is 0.410 e. The molecule has 0 aliphatic carbocycles. The van der Waals surface area contributed by atoms with Crippen LogP contribution in [0.4, 0.5) is 4.79 Å². The van der Waals surface area contributed by atoms with Crippen molar-refractivity contribution in [3.8, 4) is 0 Å². The Bertz CT molecular complexity index is 764. The second kappa shape index (κ2) is 9.49. The van der Waals surface area contributed by atoms with Gasteiger partial charge in [-0.1, -0.05) is 18.9 Å². The van der Waals surface area contributed by atoms with Gasteiger partial charge in [0.05, 0.1) is 0 Å². The highest BCUT2D eigenvalue weighted by Gasteiger charge is 2.27. The van der Waals surface area contributed by atoms with Crippen molar-refractivity contribution in [3.05, 3.63) is 24.4 Å². The molecule has 1 aliphatic heterocycles. The molecule has 1 fully saturated rings. The second-order valence-corrected chi connectivity index (χ2v) is 10.1. The molecule has 28 heavy (non-hydrogen) atoms. The molecule has 0 spiro atoms. The maximum atomic E-state index is 12.2. The summed E-state index contributed by atoms with van der Waals surface area (Å²) in [5, 5.41) is -0.958. The van der Waals surface area contributed by atoms with E-state index in [0.29, 0.717) is 25.4 Å². The van der Waals surface area contributed by atoms with E-state index in [1.54, 1.807) is 17.0 Å². The Morgan fingerprint density at radius 3 is 2.43 bits per heavy atom. The number of rotatable bonds is 6. The van der Waals surface area contributed by atoms with Crippen LogP contribution >= 0.6 is 0 Å². The van der Waals surface area contributed by atoms with E-state index in [2.05, 4.69) is 4.98 Å². The minimum atomic E-state index is -3.98. The van der Waals surface area contributed by atoms with E-state index < -0.39 is 20.6 Å². The Kier molecular flexibility index (Phi) is 7.57. The van der Waals surface area contributed by atoms with Gasteiger partial charge in [0.2, 0.25) is 0 Å². The third-order valence-corrected chi connectivity index (χ3v) is 6.32. The fraction of sp³-hybridized carbons (Fsp3) is 0.650. The van der Waals surface area contributed by atoms with Gasteiger partial charge in [0.25, 0.3) is 15.0 Å². The Morgan fingerprint density at radius 1 is 1.18 bits per heavy atom. The number of carbonyl (C=O) groups excluding carboxylic acids is 2. The maximum Gasteiger partial charge on any atom is 0.410 e. The van der Waals surface area contributed by atoms with Crippen molar-refractivity contribution in [3.63, 3.8) is 0 Å². The van der Waals surface area contributed by atoms with E-state index in [9.17, 15) is 18.0 Å². The lowest BCUT2D eigenvalue weighted by atomic mass is 9.91. The number of piperidine rings is 1. The number of hydrogen-bond donors (Lipinski definition) is 0. The summed E-state index contributed by atoms with van der Waals surface area (Å²) in [5.41, 5.74) is -0.490. The molecule has 8 heteroatoms. The van der Waals surface area contributed by atoms with Gasteiger partial charge in [-0.3, -0.25) is 4.79 Å². The summed E-state index contributed by atoms with van der Waals surface area (Å²) < 4.78 is 29.7. The average Bonchev–Trinajstić information content (AvgIpc) is 2.64. The molecule has 0 aromatic carbocycles. The lowest BCUT2D eigenvalue weighted by Gasteiger charge is -2.33. The second-order valence-electron chi connectivity index (χ2n) is 8.20. The fourth-order valence-electron chi connectivity index (χ4n) is 3.19. The number of pyridine rings is 1. The molecule has 2 heterocycles. The largest absolute Gasteiger partial charge is 0.444 e. The zero-order valence-corrected chi connectivity index (χ0v) is 17.7. The Labute approximate surface area is 167 Å². The van der Waals surface area contributed by atoms with Gasteiger partial charge in [0.15, 0.2) is 5.03 Å². The van der Waals surface area contributed by atoms with Crippen LogP contribution in [0.5, 0.6) is 0 Å². The van der Waals surface area contributed by atoms with E-state index in [-0.39, 0.29) is 17.5 Å². The number of hydrogen-bond acceptors (Lipinski definition) is 6. The quantitative estimate of drug-likeness (QED) is 0.665. The number of carbonyl (C=O) groups is 2. The zero-order valence-electron chi connectivity index (χ0n) is 16.9. The minimum Gasteiger partial charge on any atom is -0.444 e. The summed E-state index contributed by atoms with van der Waals surface area (Å²) in [6, 6.07) is 4.50. The summed E-state index contributed by atoms with van der Waals surface area (Å²) in [6.45, 7) is 6.91. The third-order valence-electron chi connectivity index (χ3n) is 4.72. The van der Waals surface area contributed by atoms with Gasteiger partial charge in [-0.25, -0.2) is 18.2 Å². The molecule has 156 valence electrons. The lowest BCUT2D eigenvalue weighted by Crippen LogP contribution is -2.41. The van der Waals surface area contributed by atoms with Crippen molar-refractivity contribution in [2.45, 2.75) is 69.9 Å². The maximum absolute atomic E-state index is 12.2. The molecule has 1 aromatic heterocycles.